The van der Waals surface area contributed by atoms with Gasteiger partial charge in [-0.2, -0.15) is 0 Å². The molecule has 0 aromatic carbocycles. The van der Waals surface area contributed by atoms with E-state index >= 15 is 0 Å². The van der Waals surface area contributed by atoms with Crippen LogP contribution in [0.2, 0.25) is 0 Å². The van der Waals surface area contributed by atoms with E-state index in [1.54, 1.807) is 0 Å². The number of carbonyl (C=O) groups excluding carboxylic acids is 1. The van der Waals surface area contributed by atoms with Gasteiger partial charge in [-0.15, -0.1) is 0 Å². The maximum atomic E-state index is 11.1. The Bertz CT molecular complexity index is 438. The van der Waals surface area contributed by atoms with Crippen molar-refractivity contribution in [3.63, 3.8) is 0 Å². The minimum Gasteiger partial charge on any atom is -0.416 e. The van der Waals surface area contributed by atoms with Crippen molar-refractivity contribution in [1.82, 2.24) is 9.97 Å². The summed E-state index contributed by atoms with van der Waals surface area (Å²) < 4.78 is 4.45. The number of anilines is 1. The number of rotatable bonds is 0. The smallest absolute Gasteiger partial charge is 0.347 e. The van der Waals surface area contributed by atoms with Crippen molar-refractivity contribution in [3.8, 4) is 5.75 Å². The molecule has 0 saturated heterocycles. The fourth-order valence-electron chi connectivity index (χ4n) is 1.05. The minimum atomic E-state index is -1.51. The largest absolute Gasteiger partial charge is 0.416 e. The molecular formula is C6H5N3O4. The minimum absolute atomic E-state index is 0.133. The van der Waals surface area contributed by atoms with Gasteiger partial charge in [0.05, 0.1) is 0 Å². The average molecular weight is 183 g/mol. The summed E-state index contributed by atoms with van der Waals surface area (Å²) in [5.74, 6) is -1.37. The second-order valence-corrected chi connectivity index (χ2v) is 2.49. The molecule has 7 nitrogen and oxygen atoms in total. The van der Waals surface area contributed by atoms with Crippen molar-refractivity contribution in [2.45, 2.75) is 6.10 Å². The quantitative estimate of drug-likeness (QED) is 0.413. The van der Waals surface area contributed by atoms with Crippen LogP contribution in [0, 0.1) is 0 Å². The number of esters is 1. The monoisotopic (exact) mass is 183 g/mol. The van der Waals surface area contributed by atoms with Crippen molar-refractivity contribution in [1.29, 1.82) is 0 Å². The number of aliphatic hydroxyl groups is 1. The predicted octanol–water partition coefficient (Wildman–Crippen LogP) is -1.70. The van der Waals surface area contributed by atoms with Gasteiger partial charge in [-0.25, -0.2) is 9.78 Å². The molecule has 0 saturated carbocycles. The number of H-pyrrole nitrogens is 1. The fraction of sp³-hybridized carbons (Fsp3) is 0.167. The SMILES string of the molecule is Nc1nc2c(c(=O)[nH]1)OC(=O)[C@@H]2O. The van der Waals surface area contributed by atoms with Gasteiger partial charge >= 0.3 is 5.97 Å². The summed E-state index contributed by atoms with van der Waals surface area (Å²) in [7, 11) is 0. The number of aromatic nitrogens is 2. The molecule has 0 unspecified atom stereocenters. The molecule has 1 atom stereocenters. The summed E-state index contributed by atoms with van der Waals surface area (Å²) in [5.41, 5.74) is 4.39. The Morgan fingerprint density at radius 3 is 2.92 bits per heavy atom. The Kier molecular flexibility index (Phi) is 1.37. The lowest BCUT2D eigenvalue weighted by Gasteiger charge is -1.96. The number of nitrogens with one attached hydrogen (secondary N) is 1. The Labute approximate surface area is 71.2 Å². The number of aromatic amines is 1. The number of aliphatic hydroxyl groups excluding tert-OH is 1. The Balaban J connectivity index is 2.71. The molecule has 0 fully saturated rings. The van der Waals surface area contributed by atoms with Gasteiger partial charge in [0.25, 0.3) is 5.56 Å². The molecule has 1 aromatic rings. The van der Waals surface area contributed by atoms with E-state index in [4.69, 9.17) is 10.8 Å². The van der Waals surface area contributed by atoms with Crippen LogP contribution in [0.4, 0.5) is 5.95 Å². The summed E-state index contributed by atoms with van der Waals surface area (Å²) in [4.78, 5) is 27.6. The van der Waals surface area contributed by atoms with Crippen molar-refractivity contribution in [2.75, 3.05) is 5.73 Å². The lowest BCUT2D eigenvalue weighted by molar-refractivity contribution is -0.141. The lowest BCUT2D eigenvalue weighted by Crippen LogP contribution is -2.13. The Morgan fingerprint density at radius 2 is 2.23 bits per heavy atom. The van der Waals surface area contributed by atoms with Crippen LogP contribution in [-0.4, -0.2) is 21.0 Å². The first-order valence-corrected chi connectivity index (χ1v) is 3.39. The van der Waals surface area contributed by atoms with Gasteiger partial charge in [-0.1, -0.05) is 0 Å². The normalized spacial score (nSPS) is 19.8. The summed E-state index contributed by atoms with van der Waals surface area (Å²) in [6.07, 6.45) is -1.51. The zero-order chi connectivity index (χ0) is 9.59. The van der Waals surface area contributed by atoms with Crippen LogP contribution in [-0.2, 0) is 4.79 Å². The zero-order valence-electron chi connectivity index (χ0n) is 6.27. The highest BCUT2D eigenvalue weighted by atomic mass is 16.6. The number of hydrogen-bond acceptors (Lipinski definition) is 6. The van der Waals surface area contributed by atoms with E-state index < -0.39 is 17.6 Å². The van der Waals surface area contributed by atoms with E-state index in [2.05, 4.69) is 14.7 Å². The molecular weight excluding hydrogens is 178 g/mol. The van der Waals surface area contributed by atoms with E-state index in [1.807, 2.05) is 0 Å². The molecule has 0 spiro atoms. The Morgan fingerprint density at radius 1 is 1.54 bits per heavy atom. The third-order valence-electron chi connectivity index (χ3n) is 1.61. The third kappa shape index (κ3) is 0.975. The predicted molar refractivity (Wildman–Crippen MR) is 39.9 cm³/mol. The van der Waals surface area contributed by atoms with Gasteiger partial charge in [-0.05, 0) is 0 Å². The molecule has 0 bridgehead atoms. The highest BCUT2D eigenvalue weighted by Crippen LogP contribution is 2.27. The van der Waals surface area contributed by atoms with Gasteiger partial charge in [0.1, 0.15) is 5.69 Å². The van der Waals surface area contributed by atoms with E-state index in [-0.39, 0.29) is 17.4 Å². The van der Waals surface area contributed by atoms with Gasteiger partial charge in [0, 0.05) is 0 Å². The molecule has 1 aliphatic rings. The standard InChI is InChI=1S/C6H5N3O4/c7-6-8-1-2(10)5(12)13-3(1)4(11)9-6/h2,10H,(H3,7,8,9,11)/t2-/m1/s1. The van der Waals surface area contributed by atoms with Crippen LogP contribution < -0.4 is 16.0 Å². The maximum absolute atomic E-state index is 11.1. The summed E-state index contributed by atoms with van der Waals surface area (Å²) in [6.45, 7) is 0. The van der Waals surface area contributed by atoms with Crippen LogP contribution in [0.15, 0.2) is 4.79 Å². The highest BCUT2D eigenvalue weighted by molar-refractivity contribution is 5.83. The van der Waals surface area contributed by atoms with E-state index in [0.717, 1.165) is 0 Å². The lowest BCUT2D eigenvalue weighted by atomic mass is 10.3. The molecule has 13 heavy (non-hydrogen) atoms. The summed E-state index contributed by atoms with van der Waals surface area (Å²) >= 11 is 0. The molecule has 2 rings (SSSR count). The van der Waals surface area contributed by atoms with Crippen molar-refractivity contribution in [2.24, 2.45) is 0 Å². The second-order valence-electron chi connectivity index (χ2n) is 2.49. The number of nitrogens with zero attached hydrogens (tertiary/aromatic N) is 1. The summed E-state index contributed by atoms with van der Waals surface area (Å²) in [6, 6.07) is 0. The van der Waals surface area contributed by atoms with E-state index in [0.29, 0.717) is 0 Å². The van der Waals surface area contributed by atoms with Crippen LogP contribution >= 0.6 is 0 Å². The number of hydrogen-bond donors (Lipinski definition) is 3. The molecule has 1 aromatic heterocycles. The fourth-order valence-corrected chi connectivity index (χ4v) is 1.05. The number of fused-ring (bicyclic) bond motifs is 1. The Hall–Kier alpha value is -1.89. The van der Waals surface area contributed by atoms with Gasteiger partial charge < -0.3 is 15.6 Å². The number of nitrogen functional groups attached to an aromatic ring is 1. The van der Waals surface area contributed by atoms with Gasteiger partial charge in [0.2, 0.25) is 11.7 Å². The molecule has 68 valence electrons. The molecule has 7 heteroatoms. The van der Waals surface area contributed by atoms with E-state index in [9.17, 15) is 9.59 Å². The molecule has 0 radical (unpaired) electrons. The number of carbonyl (C=O) groups is 1. The molecule has 4 N–H and O–H groups in total. The zero-order valence-corrected chi connectivity index (χ0v) is 6.27. The molecule has 1 aliphatic heterocycles. The molecule has 2 heterocycles. The number of nitrogens with two attached hydrogens (primary N) is 1. The first-order valence-electron chi connectivity index (χ1n) is 3.39. The molecule has 0 aliphatic carbocycles. The van der Waals surface area contributed by atoms with Crippen molar-refractivity contribution < 1.29 is 14.6 Å². The third-order valence-corrected chi connectivity index (χ3v) is 1.61. The number of ether oxygens (including phenoxy) is 1. The maximum Gasteiger partial charge on any atom is 0.347 e. The van der Waals surface area contributed by atoms with Crippen LogP contribution in [0.1, 0.15) is 11.8 Å². The van der Waals surface area contributed by atoms with Crippen molar-refractivity contribution >= 4 is 11.9 Å². The van der Waals surface area contributed by atoms with Crippen LogP contribution in [0.3, 0.4) is 0 Å². The van der Waals surface area contributed by atoms with Crippen LogP contribution in [0.5, 0.6) is 5.75 Å². The van der Waals surface area contributed by atoms with Crippen molar-refractivity contribution in [3.05, 3.63) is 16.0 Å². The van der Waals surface area contributed by atoms with Crippen LogP contribution in [0.25, 0.3) is 0 Å². The van der Waals surface area contributed by atoms with E-state index in [1.165, 1.54) is 0 Å². The van der Waals surface area contributed by atoms with Gasteiger partial charge in [0.15, 0.2) is 6.10 Å². The summed E-state index contributed by atoms with van der Waals surface area (Å²) in [5, 5.41) is 9.15. The first-order chi connectivity index (χ1) is 6.09. The highest BCUT2D eigenvalue weighted by Gasteiger charge is 2.35. The molecule has 0 amide bonds. The first kappa shape index (κ1) is 7.74. The topological polar surface area (TPSA) is 118 Å². The average Bonchev–Trinajstić information content (AvgIpc) is 2.32. The van der Waals surface area contributed by atoms with Gasteiger partial charge in [-0.3, -0.25) is 9.78 Å². The second kappa shape index (κ2) is 2.30.